The molecule has 1 fully saturated rings. The molecule has 1 aromatic carbocycles. The molecular weight excluding hydrogens is 228 g/mol. The Kier molecular flexibility index (Phi) is 2.63. The predicted molar refractivity (Wildman–Crippen MR) is 67.3 cm³/mol. The van der Waals surface area contributed by atoms with E-state index in [0.717, 1.165) is 17.5 Å². The Morgan fingerprint density at radius 1 is 1.39 bits per heavy atom. The van der Waals surface area contributed by atoms with E-state index < -0.39 is 0 Å². The van der Waals surface area contributed by atoms with Crippen LogP contribution in [0.5, 0.6) is 0 Å². The van der Waals surface area contributed by atoms with Crippen LogP contribution in [0.25, 0.3) is 0 Å². The molecule has 1 aromatic rings. The highest BCUT2D eigenvalue weighted by molar-refractivity contribution is 5.97. The van der Waals surface area contributed by atoms with E-state index in [9.17, 15) is 4.79 Å². The van der Waals surface area contributed by atoms with Crippen LogP contribution in [-0.4, -0.2) is 36.1 Å². The average molecular weight is 244 g/mol. The van der Waals surface area contributed by atoms with Gasteiger partial charge in [0, 0.05) is 18.7 Å². The van der Waals surface area contributed by atoms with Crippen LogP contribution in [0.3, 0.4) is 0 Å². The summed E-state index contributed by atoms with van der Waals surface area (Å²) >= 11 is 0. The Labute approximate surface area is 106 Å². The standard InChI is InChI=1S/C13H16N4O/c1-8-12(15-14-2)11-7-9-5-3-4-6-10(9)13(18)17(11)16-8/h3-6,8,11-12,16H,7H2,1-2H3/b15-14+. The molecule has 0 saturated carbocycles. The normalized spacial score (nSPS) is 30.7. The van der Waals surface area contributed by atoms with Crippen molar-refractivity contribution in [2.75, 3.05) is 7.05 Å². The number of amides is 1. The van der Waals surface area contributed by atoms with Crippen molar-refractivity contribution in [3.8, 4) is 0 Å². The first-order valence-corrected chi connectivity index (χ1v) is 6.19. The lowest BCUT2D eigenvalue weighted by Gasteiger charge is -2.31. The van der Waals surface area contributed by atoms with Crippen molar-refractivity contribution < 1.29 is 4.79 Å². The van der Waals surface area contributed by atoms with E-state index in [-0.39, 0.29) is 24.0 Å². The quantitative estimate of drug-likeness (QED) is 0.759. The highest BCUT2D eigenvalue weighted by Crippen LogP contribution is 2.30. The lowest BCUT2D eigenvalue weighted by Crippen LogP contribution is -2.48. The number of rotatable bonds is 1. The fraction of sp³-hybridized carbons (Fsp3) is 0.462. The molecule has 2 heterocycles. The molecule has 0 spiro atoms. The van der Waals surface area contributed by atoms with Crippen LogP contribution >= 0.6 is 0 Å². The highest BCUT2D eigenvalue weighted by atomic mass is 16.2. The number of fused-ring (bicyclic) bond motifs is 2. The first-order valence-electron chi connectivity index (χ1n) is 6.19. The zero-order valence-electron chi connectivity index (χ0n) is 10.5. The number of azo groups is 1. The number of benzene rings is 1. The van der Waals surface area contributed by atoms with Crippen LogP contribution in [0.15, 0.2) is 34.5 Å². The summed E-state index contributed by atoms with van der Waals surface area (Å²) in [7, 11) is 1.67. The van der Waals surface area contributed by atoms with Crippen molar-refractivity contribution in [2.45, 2.75) is 31.5 Å². The highest BCUT2D eigenvalue weighted by Gasteiger charge is 2.45. The number of carbonyl (C=O) groups is 1. The van der Waals surface area contributed by atoms with Gasteiger partial charge in [0.05, 0.1) is 6.04 Å². The summed E-state index contributed by atoms with van der Waals surface area (Å²) in [6.45, 7) is 2.04. The molecular formula is C13H16N4O. The van der Waals surface area contributed by atoms with Gasteiger partial charge in [0.1, 0.15) is 6.04 Å². The molecule has 1 amide bonds. The molecule has 1 saturated heterocycles. The van der Waals surface area contributed by atoms with E-state index in [4.69, 9.17) is 0 Å². The lowest BCUT2D eigenvalue weighted by atomic mass is 9.91. The van der Waals surface area contributed by atoms with E-state index >= 15 is 0 Å². The van der Waals surface area contributed by atoms with Gasteiger partial charge in [0.25, 0.3) is 5.91 Å². The second-order valence-electron chi connectivity index (χ2n) is 4.83. The fourth-order valence-electron chi connectivity index (χ4n) is 2.87. The third kappa shape index (κ3) is 1.54. The minimum Gasteiger partial charge on any atom is -0.268 e. The number of nitrogens with one attached hydrogen (secondary N) is 1. The molecule has 0 aromatic heterocycles. The second-order valence-corrected chi connectivity index (χ2v) is 4.83. The van der Waals surface area contributed by atoms with E-state index in [1.807, 2.05) is 31.2 Å². The van der Waals surface area contributed by atoms with E-state index in [0.29, 0.717) is 0 Å². The molecule has 3 atom stereocenters. The van der Waals surface area contributed by atoms with Crippen molar-refractivity contribution in [2.24, 2.45) is 10.2 Å². The van der Waals surface area contributed by atoms with Gasteiger partial charge in [-0.3, -0.25) is 9.80 Å². The largest absolute Gasteiger partial charge is 0.268 e. The molecule has 3 rings (SSSR count). The number of hydrogen-bond acceptors (Lipinski definition) is 4. The van der Waals surface area contributed by atoms with Crippen molar-refractivity contribution >= 4 is 5.91 Å². The molecule has 5 heteroatoms. The summed E-state index contributed by atoms with van der Waals surface area (Å²) in [6, 6.07) is 8.03. The van der Waals surface area contributed by atoms with Gasteiger partial charge in [-0.2, -0.15) is 10.2 Å². The van der Waals surface area contributed by atoms with E-state index in [2.05, 4.69) is 15.7 Å². The van der Waals surface area contributed by atoms with Gasteiger partial charge < -0.3 is 0 Å². The molecule has 3 unspecified atom stereocenters. The summed E-state index contributed by atoms with van der Waals surface area (Å²) < 4.78 is 0. The number of carbonyl (C=O) groups excluding carboxylic acids is 1. The third-order valence-electron chi connectivity index (χ3n) is 3.73. The summed E-state index contributed by atoms with van der Waals surface area (Å²) in [6.07, 6.45) is 0.836. The van der Waals surface area contributed by atoms with E-state index in [1.54, 1.807) is 12.1 Å². The number of nitrogens with zero attached hydrogens (tertiary/aromatic N) is 3. The van der Waals surface area contributed by atoms with Gasteiger partial charge in [0.2, 0.25) is 0 Å². The first kappa shape index (κ1) is 11.3. The minimum atomic E-state index is 0.0345. The fourth-order valence-corrected chi connectivity index (χ4v) is 2.87. The zero-order chi connectivity index (χ0) is 12.7. The van der Waals surface area contributed by atoms with Crippen LogP contribution in [-0.2, 0) is 6.42 Å². The predicted octanol–water partition coefficient (Wildman–Crippen LogP) is 1.41. The third-order valence-corrected chi connectivity index (χ3v) is 3.73. The van der Waals surface area contributed by atoms with Crippen LogP contribution in [0.4, 0.5) is 0 Å². The molecule has 94 valence electrons. The van der Waals surface area contributed by atoms with Crippen LogP contribution < -0.4 is 5.43 Å². The Balaban J connectivity index is 2.00. The van der Waals surface area contributed by atoms with Crippen LogP contribution in [0.1, 0.15) is 22.8 Å². The van der Waals surface area contributed by atoms with Crippen molar-refractivity contribution in [3.63, 3.8) is 0 Å². The smallest absolute Gasteiger partial charge is 0.268 e. The molecule has 5 nitrogen and oxygen atoms in total. The summed E-state index contributed by atoms with van der Waals surface area (Å²) in [5, 5.41) is 9.88. The van der Waals surface area contributed by atoms with Crippen LogP contribution in [0.2, 0.25) is 0 Å². The first-order chi connectivity index (χ1) is 8.72. The SMILES string of the molecule is C/N=N/C1C(C)NN2C(=O)c3ccccc3CC12. The van der Waals surface area contributed by atoms with Gasteiger partial charge in [-0.15, -0.1) is 0 Å². The second kappa shape index (κ2) is 4.17. The molecule has 0 bridgehead atoms. The Bertz CT molecular complexity index is 513. The van der Waals surface area contributed by atoms with Crippen molar-refractivity contribution in [3.05, 3.63) is 35.4 Å². The summed E-state index contributed by atoms with van der Waals surface area (Å²) in [5.41, 5.74) is 5.11. The summed E-state index contributed by atoms with van der Waals surface area (Å²) in [4.78, 5) is 12.4. The molecule has 1 N–H and O–H groups in total. The van der Waals surface area contributed by atoms with Crippen LogP contribution in [0, 0.1) is 0 Å². The topological polar surface area (TPSA) is 57.1 Å². The van der Waals surface area contributed by atoms with Gasteiger partial charge in [0.15, 0.2) is 0 Å². The van der Waals surface area contributed by atoms with E-state index in [1.165, 1.54) is 0 Å². The number of hydrazine groups is 1. The summed E-state index contributed by atoms with van der Waals surface area (Å²) in [5.74, 6) is 0.0440. The maximum absolute atomic E-state index is 12.4. The molecule has 0 radical (unpaired) electrons. The van der Waals surface area contributed by atoms with Gasteiger partial charge in [-0.05, 0) is 25.0 Å². The number of hydrogen-bond donors (Lipinski definition) is 1. The Hall–Kier alpha value is -1.75. The van der Waals surface area contributed by atoms with Gasteiger partial charge in [-0.1, -0.05) is 18.2 Å². The zero-order valence-corrected chi connectivity index (χ0v) is 10.5. The van der Waals surface area contributed by atoms with Gasteiger partial charge >= 0.3 is 0 Å². The Morgan fingerprint density at radius 2 is 2.17 bits per heavy atom. The molecule has 0 aliphatic carbocycles. The maximum Gasteiger partial charge on any atom is 0.268 e. The lowest BCUT2D eigenvalue weighted by molar-refractivity contribution is 0.0610. The average Bonchev–Trinajstić information content (AvgIpc) is 2.68. The maximum atomic E-state index is 12.4. The van der Waals surface area contributed by atoms with Crippen molar-refractivity contribution in [1.82, 2.24) is 10.4 Å². The molecule has 2 aliphatic rings. The molecule has 2 aliphatic heterocycles. The van der Waals surface area contributed by atoms with Crippen molar-refractivity contribution in [1.29, 1.82) is 0 Å². The monoisotopic (exact) mass is 244 g/mol. The Morgan fingerprint density at radius 3 is 2.94 bits per heavy atom. The van der Waals surface area contributed by atoms with Gasteiger partial charge in [-0.25, -0.2) is 5.43 Å². The molecule has 18 heavy (non-hydrogen) atoms. The minimum absolute atomic E-state index is 0.0345.